The number of hydrogen-bond acceptors (Lipinski definition) is 3. The van der Waals surface area contributed by atoms with Gasteiger partial charge in [-0.1, -0.05) is 0 Å². The van der Waals surface area contributed by atoms with Crippen molar-refractivity contribution in [2.75, 3.05) is 13.1 Å². The van der Waals surface area contributed by atoms with Crippen molar-refractivity contribution in [1.82, 2.24) is 19.4 Å². The molecule has 2 aromatic heterocycles. The minimum absolute atomic E-state index is 0.0757. The molecule has 1 amide bonds. The van der Waals surface area contributed by atoms with Crippen LogP contribution in [0.2, 0.25) is 0 Å². The average molecular weight is 316 g/mol. The smallest absolute Gasteiger partial charge is 0.325 e. The van der Waals surface area contributed by atoms with Crippen LogP contribution in [-0.4, -0.2) is 38.4 Å². The number of nitrogens with one attached hydrogen (secondary N) is 1. The fraction of sp³-hybridized carbons (Fsp3) is 0.471. The first kappa shape index (κ1) is 17.0. The van der Waals surface area contributed by atoms with Crippen molar-refractivity contribution in [2.45, 2.75) is 40.2 Å². The number of carbonyl (C=O) groups excluding carboxylic acids is 1. The number of likely N-dealkylation sites (N-methyl/N-ethyl adjacent to an activating group) is 1. The first-order chi connectivity index (χ1) is 11.0. The Balaban J connectivity index is 1.91. The number of H-pyrrole nitrogens is 1. The summed E-state index contributed by atoms with van der Waals surface area (Å²) in [6.45, 7) is 7.49. The molecule has 1 N–H and O–H groups in total. The van der Waals surface area contributed by atoms with Gasteiger partial charge in [0.15, 0.2) is 0 Å². The molecule has 23 heavy (non-hydrogen) atoms. The van der Waals surface area contributed by atoms with E-state index >= 15 is 0 Å². The lowest BCUT2D eigenvalue weighted by atomic mass is 10.2. The summed E-state index contributed by atoms with van der Waals surface area (Å²) >= 11 is 0. The van der Waals surface area contributed by atoms with E-state index in [1.165, 1.54) is 5.56 Å². The Morgan fingerprint density at radius 2 is 2.00 bits per heavy atom. The van der Waals surface area contributed by atoms with E-state index in [9.17, 15) is 9.59 Å². The Kier molecular flexibility index (Phi) is 5.73. The highest BCUT2D eigenvalue weighted by molar-refractivity contribution is 5.76. The predicted octanol–water partition coefficient (Wildman–Crippen LogP) is 1.67. The van der Waals surface area contributed by atoms with Crippen molar-refractivity contribution >= 4 is 5.91 Å². The van der Waals surface area contributed by atoms with Gasteiger partial charge in [0.1, 0.15) is 0 Å². The summed E-state index contributed by atoms with van der Waals surface area (Å²) in [5.74, 6) is 0.0757. The molecule has 0 aliphatic heterocycles. The number of hydrogen-bond donors (Lipinski definition) is 1. The maximum absolute atomic E-state index is 12.4. The SMILES string of the molecule is CCN(CCc1ccncc1)C(=O)CCn1c(C)c(C)[nH]c1=O. The molecule has 0 radical (unpaired) electrons. The third-order valence-corrected chi connectivity index (χ3v) is 4.19. The van der Waals surface area contributed by atoms with Crippen LogP contribution in [0.4, 0.5) is 0 Å². The Morgan fingerprint density at radius 1 is 1.30 bits per heavy atom. The molecule has 0 unspecified atom stereocenters. The van der Waals surface area contributed by atoms with Gasteiger partial charge in [-0.3, -0.25) is 14.3 Å². The van der Waals surface area contributed by atoms with Crippen molar-refractivity contribution in [2.24, 2.45) is 0 Å². The number of nitrogens with zero attached hydrogens (tertiary/aromatic N) is 3. The van der Waals surface area contributed by atoms with Crippen LogP contribution in [0.15, 0.2) is 29.3 Å². The Labute approximate surface area is 136 Å². The van der Waals surface area contributed by atoms with Gasteiger partial charge in [0, 0.05) is 49.8 Å². The zero-order chi connectivity index (χ0) is 16.8. The van der Waals surface area contributed by atoms with Crippen LogP contribution in [0.25, 0.3) is 0 Å². The van der Waals surface area contributed by atoms with E-state index in [1.807, 2.05) is 37.8 Å². The van der Waals surface area contributed by atoms with E-state index in [0.717, 1.165) is 17.8 Å². The number of imidazole rings is 1. The van der Waals surface area contributed by atoms with Crippen LogP contribution in [-0.2, 0) is 17.8 Å². The Bertz CT molecular complexity index is 703. The third kappa shape index (κ3) is 4.31. The number of rotatable bonds is 7. The minimum atomic E-state index is -0.146. The summed E-state index contributed by atoms with van der Waals surface area (Å²) in [5, 5.41) is 0. The van der Waals surface area contributed by atoms with Gasteiger partial charge in [0.05, 0.1) is 0 Å². The zero-order valence-electron chi connectivity index (χ0n) is 14.0. The highest BCUT2D eigenvalue weighted by Crippen LogP contribution is 2.05. The van der Waals surface area contributed by atoms with Gasteiger partial charge >= 0.3 is 5.69 Å². The summed E-state index contributed by atoms with van der Waals surface area (Å²) in [7, 11) is 0. The fourth-order valence-electron chi connectivity index (χ4n) is 2.58. The Hall–Kier alpha value is -2.37. The molecule has 0 saturated heterocycles. The molecule has 0 aliphatic rings. The van der Waals surface area contributed by atoms with E-state index in [4.69, 9.17) is 0 Å². The maximum atomic E-state index is 12.4. The highest BCUT2D eigenvalue weighted by atomic mass is 16.2. The number of pyridine rings is 1. The lowest BCUT2D eigenvalue weighted by Gasteiger charge is -2.21. The normalized spacial score (nSPS) is 10.7. The van der Waals surface area contributed by atoms with Crippen LogP contribution in [0.1, 0.15) is 30.3 Å². The summed E-state index contributed by atoms with van der Waals surface area (Å²) in [5.41, 5.74) is 2.77. The molecule has 0 bridgehead atoms. The predicted molar refractivity (Wildman–Crippen MR) is 89.3 cm³/mol. The minimum Gasteiger partial charge on any atom is -0.343 e. The lowest BCUT2D eigenvalue weighted by Crippen LogP contribution is -2.34. The summed E-state index contributed by atoms with van der Waals surface area (Å²) in [4.78, 5) is 32.8. The van der Waals surface area contributed by atoms with Gasteiger partial charge in [-0.05, 0) is 44.9 Å². The van der Waals surface area contributed by atoms with Crippen molar-refractivity contribution in [3.05, 3.63) is 52.0 Å². The number of aryl methyl sites for hydroxylation is 1. The number of aromatic amines is 1. The number of aromatic nitrogens is 3. The second-order valence-corrected chi connectivity index (χ2v) is 5.62. The monoisotopic (exact) mass is 316 g/mol. The molecule has 0 aliphatic carbocycles. The largest absolute Gasteiger partial charge is 0.343 e. The van der Waals surface area contributed by atoms with E-state index in [-0.39, 0.29) is 11.6 Å². The molecule has 2 aromatic rings. The highest BCUT2D eigenvalue weighted by Gasteiger charge is 2.14. The molecule has 0 fully saturated rings. The van der Waals surface area contributed by atoms with E-state index in [0.29, 0.717) is 26.1 Å². The molecular weight excluding hydrogens is 292 g/mol. The van der Waals surface area contributed by atoms with Gasteiger partial charge in [0.25, 0.3) is 0 Å². The van der Waals surface area contributed by atoms with Gasteiger partial charge in [-0.15, -0.1) is 0 Å². The molecule has 6 heteroatoms. The van der Waals surface area contributed by atoms with Crippen LogP contribution in [0.5, 0.6) is 0 Å². The molecule has 0 saturated carbocycles. The van der Waals surface area contributed by atoms with Crippen molar-refractivity contribution in [3.63, 3.8) is 0 Å². The zero-order valence-corrected chi connectivity index (χ0v) is 14.0. The number of carbonyl (C=O) groups is 1. The average Bonchev–Trinajstić information content (AvgIpc) is 2.79. The standard InChI is InChI=1S/C17H24N4O2/c1-4-20(11-7-15-5-9-18-10-6-15)16(22)8-12-21-14(3)13(2)19-17(21)23/h5-6,9-10H,4,7-8,11-12H2,1-3H3,(H,19,23). The van der Waals surface area contributed by atoms with Gasteiger partial charge in [-0.25, -0.2) is 4.79 Å². The molecule has 6 nitrogen and oxygen atoms in total. The van der Waals surface area contributed by atoms with Crippen molar-refractivity contribution in [3.8, 4) is 0 Å². The topological polar surface area (TPSA) is 71.0 Å². The van der Waals surface area contributed by atoms with Crippen molar-refractivity contribution < 1.29 is 4.79 Å². The van der Waals surface area contributed by atoms with E-state index < -0.39 is 0 Å². The fourth-order valence-corrected chi connectivity index (χ4v) is 2.58. The maximum Gasteiger partial charge on any atom is 0.325 e. The summed E-state index contributed by atoms with van der Waals surface area (Å²) < 4.78 is 1.63. The summed E-state index contributed by atoms with van der Waals surface area (Å²) in [6, 6.07) is 3.92. The molecule has 0 spiro atoms. The first-order valence-electron chi connectivity index (χ1n) is 7.95. The van der Waals surface area contributed by atoms with Crippen LogP contribution < -0.4 is 5.69 Å². The van der Waals surface area contributed by atoms with E-state index in [2.05, 4.69) is 9.97 Å². The van der Waals surface area contributed by atoms with E-state index in [1.54, 1.807) is 17.0 Å². The molecule has 2 heterocycles. The van der Waals surface area contributed by atoms with Crippen LogP contribution >= 0.6 is 0 Å². The second kappa shape index (κ2) is 7.76. The first-order valence-corrected chi connectivity index (χ1v) is 7.95. The number of amides is 1. The quantitative estimate of drug-likeness (QED) is 0.844. The summed E-state index contributed by atoms with van der Waals surface area (Å²) in [6.07, 6.45) is 4.67. The molecule has 0 atom stereocenters. The van der Waals surface area contributed by atoms with Gasteiger partial charge in [0.2, 0.25) is 5.91 Å². The molecule has 2 rings (SSSR count). The van der Waals surface area contributed by atoms with Crippen molar-refractivity contribution in [1.29, 1.82) is 0 Å². The van der Waals surface area contributed by atoms with Gasteiger partial charge in [-0.2, -0.15) is 0 Å². The van der Waals surface area contributed by atoms with Gasteiger partial charge < -0.3 is 9.88 Å². The van der Waals surface area contributed by atoms with Crippen LogP contribution in [0, 0.1) is 13.8 Å². The third-order valence-electron chi connectivity index (χ3n) is 4.19. The molecule has 124 valence electrons. The molecular formula is C17H24N4O2. The Morgan fingerprint density at radius 3 is 2.57 bits per heavy atom. The second-order valence-electron chi connectivity index (χ2n) is 5.62. The van der Waals surface area contributed by atoms with Crippen LogP contribution in [0.3, 0.4) is 0 Å². The molecule has 0 aromatic carbocycles. The lowest BCUT2D eigenvalue weighted by molar-refractivity contribution is -0.131.